The highest BCUT2D eigenvalue weighted by molar-refractivity contribution is 7.92. The molecule has 0 heterocycles. The van der Waals surface area contributed by atoms with E-state index in [-0.39, 0.29) is 25.4 Å². The van der Waals surface area contributed by atoms with Crippen molar-refractivity contribution in [1.29, 1.82) is 0 Å². The second kappa shape index (κ2) is 13.4. The van der Waals surface area contributed by atoms with Crippen LogP contribution in [0.15, 0.2) is 92.4 Å². The molecule has 4 aromatic carbocycles. The molecule has 0 aromatic heterocycles. The first kappa shape index (κ1) is 33.0. The SMILES string of the molecule is COc1ccc(S(=O)(=O)c2c(C)cc(CCC(=O)CCc3cc(C)c(S(=O)(=O)c4ccc(OC)cc4)c(C)c3)cc2C)cc1. The van der Waals surface area contributed by atoms with Crippen molar-refractivity contribution in [1.82, 2.24) is 0 Å². The fourth-order valence-electron chi connectivity index (χ4n) is 5.65. The Balaban J connectivity index is 1.41. The number of hydrogen-bond donors (Lipinski definition) is 0. The van der Waals surface area contributed by atoms with Crippen LogP contribution >= 0.6 is 0 Å². The van der Waals surface area contributed by atoms with Gasteiger partial charge in [-0.05, 0) is 122 Å². The van der Waals surface area contributed by atoms with Crippen LogP contribution in [0.3, 0.4) is 0 Å². The van der Waals surface area contributed by atoms with Crippen LogP contribution < -0.4 is 9.47 Å². The van der Waals surface area contributed by atoms with E-state index in [0.717, 1.165) is 11.1 Å². The van der Waals surface area contributed by atoms with Crippen molar-refractivity contribution in [3.63, 3.8) is 0 Å². The van der Waals surface area contributed by atoms with Crippen molar-refractivity contribution in [2.45, 2.75) is 73.0 Å². The number of methoxy groups -OCH3 is 2. The predicted molar refractivity (Wildman–Crippen MR) is 170 cm³/mol. The lowest BCUT2D eigenvalue weighted by Crippen LogP contribution is -2.09. The van der Waals surface area contributed by atoms with Crippen LogP contribution in [0.25, 0.3) is 0 Å². The average molecular weight is 635 g/mol. The van der Waals surface area contributed by atoms with Crippen molar-refractivity contribution in [3.8, 4) is 11.5 Å². The van der Waals surface area contributed by atoms with E-state index in [1.807, 2.05) is 24.3 Å². The molecule has 44 heavy (non-hydrogen) atoms. The van der Waals surface area contributed by atoms with Crippen LogP contribution in [0.2, 0.25) is 0 Å². The van der Waals surface area contributed by atoms with Gasteiger partial charge in [0.2, 0.25) is 19.7 Å². The first-order valence-corrected chi connectivity index (χ1v) is 17.2. The number of hydrogen-bond acceptors (Lipinski definition) is 7. The zero-order valence-electron chi connectivity index (χ0n) is 25.9. The molecule has 0 unspecified atom stereocenters. The van der Waals surface area contributed by atoms with Crippen molar-refractivity contribution >= 4 is 25.5 Å². The van der Waals surface area contributed by atoms with E-state index >= 15 is 0 Å². The largest absolute Gasteiger partial charge is 0.497 e. The van der Waals surface area contributed by atoms with Gasteiger partial charge in [-0.3, -0.25) is 4.79 Å². The summed E-state index contributed by atoms with van der Waals surface area (Å²) >= 11 is 0. The van der Waals surface area contributed by atoms with Crippen LogP contribution in [0.1, 0.15) is 46.2 Å². The summed E-state index contributed by atoms with van der Waals surface area (Å²) in [6.07, 6.45) is 1.65. The average Bonchev–Trinajstić information content (AvgIpc) is 2.98. The van der Waals surface area contributed by atoms with E-state index in [4.69, 9.17) is 9.47 Å². The number of aryl methyl sites for hydroxylation is 6. The summed E-state index contributed by atoms with van der Waals surface area (Å²) < 4.78 is 63.7. The molecule has 0 bridgehead atoms. The Morgan fingerprint density at radius 1 is 0.545 bits per heavy atom. The lowest BCUT2D eigenvalue weighted by molar-refractivity contribution is -0.119. The van der Waals surface area contributed by atoms with Crippen LogP contribution in [0.5, 0.6) is 11.5 Å². The molecule has 0 atom stereocenters. The maximum Gasteiger partial charge on any atom is 0.207 e. The third-order valence-electron chi connectivity index (χ3n) is 7.70. The number of ketones is 1. The third-order valence-corrected chi connectivity index (χ3v) is 11.9. The van der Waals surface area contributed by atoms with Gasteiger partial charge >= 0.3 is 0 Å². The van der Waals surface area contributed by atoms with Gasteiger partial charge in [-0.2, -0.15) is 0 Å². The number of ether oxygens (including phenoxy) is 2. The van der Waals surface area contributed by atoms with E-state index < -0.39 is 19.7 Å². The van der Waals surface area contributed by atoms with Gasteiger partial charge in [-0.1, -0.05) is 24.3 Å². The van der Waals surface area contributed by atoms with E-state index in [1.165, 1.54) is 38.5 Å². The number of carbonyl (C=O) groups is 1. The molecule has 0 amide bonds. The lowest BCUT2D eigenvalue weighted by Gasteiger charge is -2.14. The first-order chi connectivity index (χ1) is 20.8. The zero-order chi connectivity index (χ0) is 32.2. The number of sulfone groups is 2. The second-order valence-corrected chi connectivity index (χ2v) is 14.8. The monoisotopic (exact) mass is 634 g/mol. The Morgan fingerprint density at radius 3 is 1.11 bits per heavy atom. The highest BCUT2D eigenvalue weighted by Crippen LogP contribution is 2.31. The van der Waals surface area contributed by atoms with Gasteiger partial charge < -0.3 is 9.47 Å². The van der Waals surface area contributed by atoms with E-state index in [2.05, 4.69) is 0 Å². The molecule has 0 aliphatic carbocycles. The van der Waals surface area contributed by atoms with E-state index in [1.54, 1.807) is 52.0 Å². The van der Waals surface area contributed by atoms with Gasteiger partial charge in [0.15, 0.2) is 0 Å². The highest BCUT2D eigenvalue weighted by Gasteiger charge is 2.24. The lowest BCUT2D eigenvalue weighted by atomic mass is 9.98. The summed E-state index contributed by atoms with van der Waals surface area (Å²) in [7, 11) is -4.38. The normalized spacial score (nSPS) is 11.8. The molecule has 7 nitrogen and oxygen atoms in total. The summed E-state index contributed by atoms with van der Waals surface area (Å²) in [5, 5.41) is 0. The Morgan fingerprint density at radius 2 is 0.841 bits per heavy atom. The Kier molecular flexibility index (Phi) is 10.0. The standard InChI is InChI=1S/C35H38O7S2/c1-23-19-27(20-24(2)34(23)43(37,38)32-15-11-30(41-5)12-16-32)7-9-29(36)10-8-28-21-25(3)35(26(4)22-28)44(39,40)33-17-13-31(42-6)14-18-33/h11-22H,7-10H2,1-6H3. The second-order valence-electron chi connectivity index (χ2n) is 11.0. The van der Waals surface area contributed by atoms with Gasteiger partial charge in [-0.15, -0.1) is 0 Å². The van der Waals surface area contributed by atoms with Gasteiger partial charge in [0.05, 0.1) is 33.8 Å². The van der Waals surface area contributed by atoms with Gasteiger partial charge in [0.1, 0.15) is 17.3 Å². The van der Waals surface area contributed by atoms with E-state index in [9.17, 15) is 21.6 Å². The summed E-state index contributed by atoms with van der Waals surface area (Å²) in [4.78, 5) is 13.8. The fourth-order valence-corrected chi connectivity index (χ4v) is 9.05. The molecule has 0 spiro atoms. The number of benzene rings is 4. The van der Waals surface area contributed by atoms with Crippen molar-refractivity contribution in [2.24, 2.45) is 0 Å². The Labute approximate surface area is 260 Å². The van der Waals surface area contributed by atoms with Gasteiger partial charge in [0, 0.05) is 12.8 Å². The number of rotatable bonds is 12. The van der Waals surface area contributed by atoms with Crippen LogP contribution in [0.4, 0.5) is 0 Å². The molecule has 232 valence electrons. The van der Waals surface area contributed by atoms with Gasteiger partial charge in [-0.25, -0.2) is 16.8 Å². The molecule has 9 heteroatoms. The van der Waals surface area contributed by atoms with Crippen molar-refractivity contribution < 1.29 is 31.1 Å². The molecular weight excluding hydrogens is 597 g/mol. The summed E-state index contributed by atoms with van der Waals surface area (Å²) in [5.41, 5.74) is 4.36. The smallest absolute Gasteiger partial charge is 0.207 e. The van der Waals surface area contributed by atoms with Crippen molar-refractivity contribution in [2.75, 3.05) is 14.2 Å². The number of Topliss-reactive ketones (excluding diaryl/α,β-unsaturated/α-hetero) is 1. The highest BCUT2D eigenvalue weighted by atomic mass is 32.2. The quantitative estimate of drug-likeness (QED) is 0.170. The minimum atomic E-state index is -3.72. The van der Waals surface area contributed by atoms with Gasteiger partial charge in [0.25, 0.3) is 0 Å². The first-order valence-electron chi connectivity index (χ1n) is 14.3. The molecule has 0 radical (unpaired) electrons. The van der Waals surface area contributed by atoms with Crippen LogP contribution in [0, 0.1) is 27.7 Å². The zero-order valence-corrected chi connectivity index (χ0v) is 27.6. The topological polar surface area (TPSA) is 104 Å². The minimum absolute atomic E-state index is 0.0838. The predicted octanol–water partition coefficient (Wildman–Crippen LogP) is 6.74. The Hall–Kier alpha value is -3.95. The molecular formula is C35H38O7S2. The molecule has 0 saturated heterocycles. The molecule has 0 aliphatic heterocycles. The number of carbonyl (C=O) groups excluding carboxylic acids is 1. The maximum atomic E-state index is 13.4. The molecule has 0 fully saturated rings. The van der Waals surface area contributed by atoms with Crippen LogP contribution in [-0.2, 0) is 37.3 Å². The minimum Gasteiger partial charge on any atom is -0.497 e. The van der Waals surface area contributed by atoms with Crippen LogP contribution in [-0.4, -0.2) is 36.8 Å². The third kappa shape index (κ3) is 7.05. The molecule has 0 saturated carbocycles. The summed E-state index contributed by atoms with van der Waals surface area (Å²) in [6, 6.07) is 20.0. The molecule has 0 aliphatic rings. The fraction of sp³-hybridized carbons (Fsp3) is 0.286. The summed E-state index contributed by atoms with van der Waals surface area (Å²) in [6.45, 7) is 7.10. The summed E-state index contributed by atoms with van der Waals surface area (Å²) in [5.74, 6) is 1.25. The molecule has 4 aromatic rings. The Bertz CT molecular complexity index is 1700. The molecule has 4 rings (SSSR count). The van der Waals surface area contributed by atoms with Crippen molar-refractivity contribution in [3.05, 3.63) is 106 Å². The van der Waals surface area contributed by atoms with E-state index in [0.29, 0.717) is 59.4 Å². The maximum absolute atomic E-state index is 13.4. The molecule has 0 N–H and O–H groups in total.